The summed E-state index contributed by atoms with van der Waals surface area (Å²) in [5.41, 5.74) is 1.81. The molecule has 3 aromatic rings. The van der Waals surface area contributed by atoms with Gasteiger partial charge < -0.3 is 9.47 Å². The lowest BCUT2D eigenvalue weighted by Gasteiger charge is -2.15. The number of halogens is 1. The number of aryl methyl sites for hydroxylation is 1. The Hall–Kier alpha value is -2.83. The van der Waals surface area contributed by atoms with E-state index in [9.17, 15) is 8.42 Å². The molecule has 0 unspecified atom stereocenters. The number of rotatable bonds is 11. The minimum atomic E-state index is -3.91. The van der Waals surface area contributed by atoms with E-state index in [0.717, 1.165) is 10.0 Å². The molecule has 1 aromatic carbocycles. The van der Waals surface area contributed by atoms with Crippen LogP contribution in [0.4, 0.5) is 5.82 Å². The second kappa shape index (κ2) is 11.2. The maximum atomic E-state index is 12.4. The predicted molar refractivity (Wildman–Crippen MR) is 124 cm³/mol. The van der Waals surface area contributed by atoms with E-state index in [-0.39, 0.29) is 37.5 Å². The summed E-state index contributed by atoms with van der Waals surface area (Å²) in [6, 6.07) is 7.30. The van der Waals surface area contributed by atoms with E-state index in [4.69, 9.17) is 10.8 Å². The van der Waals surface area contributed by atoms with Crippen LogP contribution in [0.5, 0.6) is 11.9 Å². The highest BCUT2D eigenvalue weighted by atomic mass is 79.9. The van der Waals surface area contributed by atoms with Gasteiger partial charge in [0.2, 0.25) is 5.88 Å². The molecule has 32 heavy (non-hydrogen) atoms. The summed E-state index contributed by atoms with van der Waals surface area (Å²) in [5.74, 6) is -0.0300. The largest absolute Gasteiger partial charge is 0.473 e. The zero-order valence-electron chi connectivity index (χ0n) is 18.5. The second-order valence-corrected chi connectivity index (χ2v) is 9.01. The monoisotopic (exact) mass is 523 g/mol. The summed E-state index contributed by atoms with van der Waals surface area (Å²) in [6.07, 6.45) is 3.49. The van der Waals surface area contributed by atoms with Gasteiger partial charge in [-0.3, -0.25) is 4.72 Å². The minimum Gasteiger partial charge on any atom is -0.473 e. The molecule has 2 aromatic heterocycles. The summed E-state index contributed by atoms with van der Waals surface area (Å²) >= 11 is 3.38. The van der Waals surface area contributed by atoms with Gasteiger partial charge in [-0.1, -0.05) is 35.0 Å². The molecule has 0 atom stereocenters. The minimum absolute atomic E-state index is 0.0407. The highest BCUT2D eigenvalue weighted by molar-refractivity contribution is 9.10. The molecule has 3 rings (SSSR count). The lowest BCUT2D eigenvalue weighted by Crippen LogP contribution is -2.31. The van der Waals surface area contributed by atoms with Gasteiger partial charge in [0.15, 0.2) is 5.82 Å². The molecule has 12 heteroatoms. The van der Waals surface area contributed by atoms with Crippen molar-refractivity contribution in [2.75, 3.05) is 24.5 Å². The SMILES string of the molecule is [2H]c1nc(NS(=O)(=O)NCCC)c(-c2ccc(Br)cc2)c(OCCOc2ncc(C)cn2)n1. The van der Waals surface area contributed by atoms with Gasteiger partial charge in [0.1, 0.15) is 20.9 Å². The first-order valence-electron chi connectivity index (χ1n) is 10.2. The molecular formula is C20H23BrN6O4S. The number of ether oxygens (including phenoxy) is 2. The van der Waals surface area contributed by atoms with Crippen molar-refractivity contribution in [3.8, 4) is 23.0 Å². The quantitative estimate of drug-likeness (QED) is 0.366. The smallest absolute Gasteiger partial charge is 0.316 e. The first-order chi connectivity index (χ1) is 15.8. The normalized spacial score (nSPS) is 11.7. The number of nitrogens with one attached hydrogen (secondary N) is 2. The molecule has 170 valence electrons. The molecule has 0 amide bonds. The lowest BCUT2D eigenvalue weighted by molar-refractivity contribution is 0.202. The third kappa shape index (κ3) is 6.84. The average Bonchev–Trinajstić information content (AvgIpc) is 2.77. The predicted octanol–water partition coefficient (Wildman–Crippen LogP) is 3.12. The standard InChI is InChI=1S/C20H23BrN6O4S/c1-3-8-26-32(28,29)27-18-17(15-4-6-16(21)7-5-15)19(25-13-24-18)30-9-10-31-20-22-11-14(2)12-23-20/h4-7,11-13,26H,3,8-10H2,1-2H3,(H,24,25,27)/i13D. The maximum absolute atomic E-state index is 12.4. The zero-order chi connectivity index (χ0) is 23.8. The van der Waals surface area contributed by atoms with Crippen molar-refractivity contribution in [3.05, 3.63) is 53.0 Å². The summed E-state index contributed by atoms with van der Waals surface area (Å²) in [6.45, 7) is 4.13. The van der Waals surface area contributed by atoms with Gasteiger partial charge in [0, 0.05) is 23.4 Å². The van der Waals surface area contributed by atoms with Crippen LogP contribution < -0.4 is 18.9 Å². The van der Waals surface area contributed by atoms with Crippen molar-refractivity contribution in [2.45, 2.75) is 20.3 Å². The molecule has 2 N–H and O–H groups in total. The Balaban J connectivity index is 1.86. The summed E-state index contributed by atoms with van der Waals surface area (Å²) < 4.78 is 49.7. The summed E-state index contributed by atoms with van der Waals surface area (Å²) in [4.78, 5) is 16.2. The highest BCUT2D eigenvalue weighted by Crippen LogP contribution is 2.34. The lowest BCUT2D eigenvalue weighted by atomic mass is 10.1. The Bertz CT molecular complexity index is 1180. The fourth-order valence-corrected chi connectivity index (χ4v) is 3.73. The van der Waals surface area contributed by atoms with Crippen molar-refractivity contribution in [2.24, 2.45) is 0 Å². The van der Waals surface area contributed by atoms with Crippen molar-refractivity contribution in [1.82, 2.24) is 24.7 Å². The summed E-state index contributed by atoms with van der Waals surface area (Å²) in [7, 11) is -3.91. The van der Waals surface area contributed by atoms with Crippen molar-refractivity contribution in [3.63, 3.8) is 0 Å². The van der Waals surface area contributed by atoms with Crippen molar-refractivity contribution < 1.29 is 19.3 Å². The molecule has 0 fully saturated rings. The maximum Gasteiger partial charge on any atom is 0.316 e. The number of nitrogens with zero attached hydrogens (tertiary/aromatic N) is 4. The van der Waals surface area contributed by atoms with Crippen LogP contribution in [0.2, 0.25) is 0 Å². The third-order valence-electron chi connectivity index (χ3n) is 3.98. The van der Waals surface area contributed by atoms with Gasteiger partial charge >= 0.3 is 6.01 Å². The molecule has 0 spiro atoms. The molecule has 0 aliphatic heterocycles. The molecule has 0 bridgehead atoms. The van der Waals surface area contributed by atoms with Crippen molar-refractivity contribution in [1.29, 1.82) is 0 Å². The summed E-state index contributed by atoms with van der Waals surface area (Å²) in [5, 5.41) is 0. The van der Waals surface area contributed by atoms with E-state index in [1.165, 1.54) is 0 Å². The van der Waals surface area contributed by atoms with Gasteiger partial charge in [-0.25, -0.2) is 19.9 Å². The van der Waals surface area contributed by atoms with Crippen LogP contribution in [-0.4, -0.2) is 48.1 Å². The van der Waals surface area contributed by atoms with Gasteiger partial charge in [-0.2, -0.15) is 13.1 Å². The fraction of sp³-hybridized carbons (Fsp3) is 0.300. The Morgan fingerprint density at radius 3 is 2.44 bits per heavy atom. The number of benzene rings is 1. The van der Waals surface area contributed by atoms with Crippen LogP contribution in [0.15, 0.2) is 47.4 Å². The topological polar surface area (TPSA) is 128 Å². The molecule has 0 saturated carbocycles. The van der Waals surface area contributed by atoms with Crippen molar-refractivity contribution >= 4 is 32.0 Å². The Morgan fingerprint density at radius 2 is 1.75 bits per heavy atom. The molecular weight excluding hydrogens is 500 g/mol. The van der Waals surface area contributed by atoms with Gasteiger partial charge in [0.05, 0.1) is 5.56 Å². The molecule has 0 saturated heterocycles. The first kappa shape index (κ1) is 22.4. The fourth-order valence-electron chi connectivity index (χ4n) is 2.51. The number of hydrogen-bond acceptors (Lipinski definition) is 8. The second-order valence-electron chi connectivity index (χ2n) is 6.60. The van der Waals surface area contributed by atoms with Crippen LogP contribution >= 0.6 is 15.9 Å². The number of aromatic nitrogens is 4. The number of hydrogen-bond donors (Lipinski definition) is 2. The van der Waals surface area contributed by atoms with Gasteiger partial charge in [0.25, 0.3) is 10.2 Å². The molecule has 0 aliphatic carbocycles. The van der Waals surface area contributed by atoms with E-state index < -0.39 is 16.5 Å². The first-order valence-corrected chi connectivity index (χ1v) is 12.0. The highest BCUT2D eigenvalue weighted by Gasteiger charge is 2.19. The Kier molecular flexibility index (Phi) is 7.80. The van der Waals surface area contributed by atoms with Crippen LogP contribution in [0.25, 0.3) is 11.1 Å². The Labute approximate surface area is 196 Å². The zero-order valence-corrected chi connectivity index (χ0v) is 19.9. The van der Waals surface area contributed by atoms with Crippen LogP contribution in [0.1, 0.15) is 20.3 Å². The molecule has 10 nitrogen and oxygen atoms in total. The number of anilines is 1. The van der Waals surface area contributed by atoms with E-state index in [0.29, 0.717) is 17.5 Å². The van der Waals surface area contributed by atoms with Crippen LogP contribution in [0.3, 0.4) is 0 Å². The van der Waals surface area contributed by atoms with Gasteiger partial charge in [-0.15, -0.1) is 0 Å². The van der Waals surface area contributed by atoms with E-state index in [1.807, 2.05) is 13.8 Å². The molecule has 2 heterocycles. The Morgan fingerprint density at radius 1 is 1.06 bits per heavy atom. The van der Waals surface area contributed by atoms with E-state index in [1.54, 1.807) is 36.7 Å². The van der Waals surface area contributed by atoms with Crippen LogP contribution in [0, 0.1) is 6.92 Å². The molecule has 0 aliphatic rings. The molecule has 0 radical (unpaired) electrons. The van der Waals surface area contributed by atoms with E-state index in [2.05, 4.69) is 45.3 Å². The average molecular weight is 524 g/mol. The van der Waals surface area contributed by atoms with E-state index >= 15 is 0 Å². The van der Waals surface area contributed by atoms with Gasteiger partial charge in [-0.05, 0) is 36.6 Å². The van der Waals surface area contributed by atoms with Crippen LogP contribution in [-0.2, 0) is 10.2 Å². The third-order valence-corrected chi connectivity index (χ3v) is 5.56.